The number of nitrogens with one attached hydrogen (secondary N) is 2. The number of ether oxygens (including phenoxy) is 1. The number of amides is 2. The molecule has 11 heteroatoms. The molecular weight excluding hydrogens is 487 g/mol. The normalized spacial score (nSPS) is 16.7. The zero-order valence-electron chi connectivity index (χ0n) is 21.6. The molecule has 0 spiro atoms. The zero-order chi connectivity index (χ0) is 26.3. The summed E-state index contributed by atoms with van der Waals surface area (Å²) in [4.78, 5) is 33.7. The van der Waals surface area contributed by atoms with Gasteiger partial charge in [0.2, 0.25) is 11.9 Å². The third-order valence-electron chi connectivity index (χ3n) is 6.73. The molecule has 0 unspecified atom stereocenters. The van der Waals surface area contributed by atoms with Crippen molar-refractivity contribution in [3.8, 4) is 11.4 Å². The predicted molar refractivity (Wildman–Crippen MR) is 146 cm³/mol. The maximum Gasteiger partial charge on any atom is 0.323 e. The fourth-order valence-corrected chi connectivity index (χ4v) is 4.55. The number of hydrogen-bond acceptors (Lipinski definition) is 8. The van der Waals surface area contributed by atoms with E-state index in [0.717, 1.165) is 57.8 Å². The molecule has 5 rings (SSSR count). The number of aromatic nitrogens is 3. The minimum atomic E-state index is -0.413. The van der Waals surface area contributed by atoms with Gasteiger partial charge in [-0.3, -0.25) is 0 Å². The van der Waals surface area contributed by atoms with E-state index in [2.05, 4.69) is 32.3 Å². The quantitative estimate of drug-likeness (QED) is 0.508. The number of carbonyl (C=O) groups excluding carboxylic acids is 1. The Bertz CT molecular complexity index is 1220. The fourth-order valence-electron chi connectivity index (χ4n) is 4.55. The summed E-state index contributed by atoms with van der Waals surface area (Å²) in [6.45, 7) is 9.81. The van der Waals surface area contributed by atoms with Crippen molar-refractivity contribution in [2.45, 2.75) is 13.3 Å². The van der Waals surface area contributed by atoms with Gasteiger partial charge in [0.05, 0.1) is 13.2 Å². The molecule has 2 amide bonds. The Labute approximate surface area is 221 Å². The maximum atomic E-state index is 13.1. The van der Waals surface area contributed by atoms with Crippen LogP contribution < -0.4 is 20.4 Å². The van der Waals surface area contributed by atoms with Crippen LogP contribution in [0.5, 0.6) is 0 Å². The number of likely N-dealkylation sites (N-methyl/N-ethyl adjacent to an activating group) is 1. The number of nitrogens with zero attached hydrogens (tertiary/aromatic N) is 6. The molecule has 2 fully saturated rings. The summed E-state index contributed by atoms with van der Waals surface area (Å²) >= 11 is 0. The summed E-state index contributed by atoms with van der Waals surface area (Å²) < 4.78 is 18.6. The first-order valence-electron chi connectivity index (χ1n) is 13.1. The molecule has 0 aliphatic carbocycles. The molecule has 2 saturated heterocycles. The first-order chi connectivity index (χ1) is 18.6. The average molecular weight is 521 g/mol. The van der Waals surface area contributed by atoms with Crippen LogP contribution in [0.25, 0.3) is 11.4 Å². The van der Waals surface area contributed by atoms with Gasteiger partial charge in [-0.1, -0.05) is 6.92 Å². The van der Waals surface area contributed by atoms with Crippen molar-refractivity contribution in [2.24, 2.45) is 0 Å². The van der Waals surface area contributed by atoms with Crippen molar-refractivity contribution >= 4 is 29.3 Å². The molecule has 38 heavy (non-hydrogen) atoms. The molecule has 0 radical (unpaired) electrons. The standard InChI is InChI=1S/C27H33FN8O2/c1-2-34-12-3-13-35(15-14-34)25-31-24(32-26(33-25)36-16-18-38-19-17-36)20-4-8-22(9-5-20)29-27(37)30-23-10-6-21(28)7-11-23/h4-11H,2-3,12-19H2,1H3,(H2,29,30,37). The van der Waals surface area contributed by atoms with Gasteiger partial charge in [0.15, 0.2) is 5.82 Å². The van der Waals surface area contributed by atoms with Gasteiger partial charge in [-0.15, -0.1) is 0 Å². The van der Waals surface area contributed by atoms with Crippen LogP contribution in [-0.4, -0.2) is 84.9 Å². The van der Waals surface area contributed by atoms with E-state index in [-0.39, 0.29) is 5.82 Å². The Morgan fingerprint density at radius 1 is 0.816 bits per heavy atom. The van der Waals surface area contributed by atoms with Crippen LogP contribution >= 0.6 is 0 Å². The van der Waals surface area contributed by atoms with Crippen LogP contribution in [0.4, 0.5) is 32.5 Å². The third kappa shape index (κ3) is 6.53. The molecule has 0 saturated carbocycles. The Kier molecular flexibility index (Phi) is 8.25. The molecule has 2 N–H and O–H groups in total. The minimum Gasteiger partial charge on any atom is -0.378 e. The molecule has 3 aromatic rings. The van der Waals surface area contributed by atoms with Crippen molar-refractivity contribution in [3.05, 3.63) is 54.3 Å². The topological polar surface area (TPSA) is 98.8 Å². The van der Waals surface area contributed by atoms with Crippen LogP contribution in [0.15, 0.2) is 48.5 Å². The summed E-state index contributed by atoms with van der Waals surface area (Å²) in [6, 6.07) is 12.6. The summed E-state index contributed by atoms with van der Waals surface area (Å²) in [5.74, 6) is 1.58. The summed E-state index contributed by atoms with van der Waals surface area (Å²) in [6.07, 6.45) is 1.06. The van der Waals surface area contributed by atoms with Crippen LogP contribution in [0.3, 0.4) is 0 Å². The number of rotatable bonds is 6. The van der Waals surface area contributed by atoms with Gasteiger partial charge < -0.3 is 30.1 Å². The molecule has 2 aromatic carbocycles. The van der Waals surface area contributed by atoms with Gasteiger partial charge in [0.25, 0.3) is 0 Å². The number of morpholine rings is 1. The first kappa shape index (κ1) is 25.8. The van der Waals surface area contributed by atoms with E-state index in [0.29, 0.717) is 42.3 Å². The van der Waals surface area contributed by atoms with E-state index in [9.17, 15) is 9.18 Å². The van der Waals surface area contributed by atoms with E-state index < -0.39 is 6.03 Å². The lowest BCUT2D eigenvalue weighted by molar-refractivity contribution is 0.122. The maximum absolute atomic E-state index is 13.1. The highest BCUT2D eigenvalue weighted by atomic mass is 19.1. The highest BCUT2D eigenvalue weighted by Crippen LogP contribution is 2.24. The first-order valence-corrected chi connectivity index (χ1v) is 13.1. The molecule has 0 atom stereocenters. The highest BCUT2D eigenvalue weighted by Gasteiger charge is 2.22. The highest BCUT2D eigenvalue weighted by molar-refractivity contribution is 5.99. The lowest BCUT2D eigenvalue weighted by Crippen LogP contribution is -2.38. The second kappa shape index (κ2) is 12.1. The van der Waals surface area contributed by atoms with Crippen molar-refractivity contribution in [2.75, 3.05) is 79.5 Å². The Morgan fingerprint density at radius 2 is 1.42 bits per heavy atom. The molecule has 200 valence electrons. The van der Waals surface area contributed by atoms with Gasteiger partial charge in [-0.25, -0.2) is 9.18 Å². The molecule has 1 aromatic heterocycles. The van der Waals surface area contributed by atoms with Crippen LogP contribution in [0.2, 0.25) is 0 Å². The number of benzene rings is 2. The van der Waals surface area contributed by atoms with E-state index in [1.54, 1.807) is 0 Å². The smallest absolute Gasteiger partial charge is 0.323 e. The number of urea groups is 1. The van der Waals surface area contributed by atoms with Gasteiger partial charge in [0, 0.05) is 49.7 Å². The molecule has 3 heterocycles. The average Bonchev–Trinajstić information content (AvgIpc) is 3.21. The third-order valence-corrected chi connectivity index (χ3v) is 6.73. The molecule has 0 bridgehead atoms. The summed E-state index contributed by atoms with van der Waals surface area (Å²) in [7, 11) is 0. The summed E-state index contributed by atoms with van der Waals surface area (Å²) in [5, 5.41) is 5.48. The number of carbonyl (C=O) groups is 1. The van der Waals surface area contributed by atoms with Gasteiger partial charge >= 0.3 is 6.03 Å². The van der Waals surface area contributed by atoms with E-state index in [1.807, 2.05) is 24.3 Å². The zero-order valence-corrected chi connectivity index (χ0v) is 21.6. The fraction of sp³-hybridized carbons (Fsp3) is 0.407. The van der Waals surface area contributed by atoms with Gasteiger partial charge in [0.1, 0.15) is 5.82 Å². The molecule has 2 aliphatic heterocycles. The number of hydrogen-bond donors (Lipinski definition) is 2. The van der Waals surface area contributed by atoms with Crippen molar-refractivity contribution < 1.29 is 13.9 Å². The van der Waals surface area contributed by atoms with Gasteiger partial charge in [-0.05, 0) is 68.0 Å². The van der Waals surface area contributed by atoms with E-state index in [4.69, 9.17) is 19.7 Å². The summed E-state index contributed by atoms with van der Waals surface area (Å²) in [5.41, 5.74) is 1.95. The van der Waals surface area contributed by atoms with Crippen molar-refractivity contribution in [3.63, 3.8) is 0 Å². The molecule has 2 aliphatic rings. The minimum absolute atomic E-state index is 0.358. The van der Waals surface area contributed by atoms with Gasteiger partial charge in [-0.2, -0.15) is 15.0 Å². The second-order valence-electron chi connectivity index (χ2n) is 9.30. The predicted octanol–water partition coefficient (Wildman–Crippen LogP) is 3.69. The monoisotopic (exact) mass is 520 g/mol. The second-order valence-corrected chi connectivity index (χ2v) is 9.30. The lowest BCUT2D eigenvalue weighted by atomic mass is 10.2. The van der Waals surface area contributed by atoms with Crippen LogP contribution in [0.1, 0.15) is 13.3 Å². The lowest BCUT2D eigenvalue weighted by Gasteiger charge is -2.28. The Morgan fingerprint density at radius 3 is 2.05 bits per heavy atom. The molecular formula is C27H33FN8O2. The number of anilines is 4. The SMILES string of the molecule is CCN1CCCN(c2nc(-c3ccc(NC(=O)Nc4ccc(F)cc4)cc3)nc(N3CCOCC3)n2)CC1. The molecule has 10 nitrogen and oxygen atoms in total. The number of halogens is 1. The largest absolute Gasteiger partial charge is 0.378 e. The van der Waals surface area contributed by atoms with Crippen molar-refractivity contribution in [1.82, 2.24) is 19.9 Å². The van der Waals surface area contributed by atoms with E-state index >= 15 is 0 Å². The Hall–Kier alpha value is -3.83. The van der Waals surface area contributed by atoms with Crippen LogP contribution in [0, 0.1) is 5.82 Å². The van der Waals surface area contributed by atoms with Crippen LogP contribution in [-0.2, 0) is 4.74 Å². The Balaban J connectivity index is 1.34. The van der Waals surface area contributed by atoms with E-state index in [1.165, 1.54) is 24.3 Å². The van der Waals surface area contributed by atoms with Crippen molar-refractivity contribution in [1.29, 1.82) is 0 Å².